The van der Waals surface area contributed by atoms with Crippen molar-refractivity contribution in [3.05, 3.63) is 54.0 Å². The molecule has 1 aliphatic rings. The highest BCUT2D eigenvalue weighted by molar-refractivity contribution is 7.98. The molecule has 1 aromatic carbocycles. The number of carbonyl (C=O) groups is 2. The Morgan fingerprint density at radius 3 is 2.45 bits per heavy atom. The van der Waals surface area contributed by atoms with Gasteiger partial charge in [-0.3, -0.25) is 9.59 Å². The highest BCUT2D eigenvalue weighted by atomic mass is 32.2. The normalized spacial score (nSPS) is 15.3. The summed E-state index contributed by atoms with van der Waals surface area (Å²) in [4.78, 5) is 37.4. The van der Waals surface area contributed by atoms with E-state index in [9.17, 15) is 9.59 Å². The Balaban J connectivity index is 1.65. The zero-order valence-electron chi connectivity index (χ0n) is 19.2. The van der Waals surface area contributed by atoms with Crippen LogP contribution in [0.4, 0.5) is 0 Å². The summed E-state index contributed by atoms with van der Waals surface area (Å²) < 4.78 is 6.04. The number of carbonyl (C=O) groups excluding carboxylic acids is 2. The van der Waals surface area contributed by atoms with Crippen molar-refractivity contribution in [2.75, 3.05) is 13.1 Å². The SMILES string of the molecule is CCN(CC)C(=O)C1(NC(=O)c2oc3ccccc3c2CSc2ncccn2)CCCCC1. The van der Waals surface area contributed by atoms with Gasteiger partial charge in [0.25, 0.3) is 5.91 Å². The second-order valence-corrected chi connectivity index (χ2v) is 9.24. The maximum atomic E-state index is 13.6. The maximum absolute atomic E-state index is 13.6. The van der Waals surface area contributed by atoms with E-state index in [1.165, 1.54) is 11.8 Å². The molecular formula is C25H30N4O3S. The first-order chi connectivity index (χ1) is 16.1. The minimum atomic E-state index is -0.882. The molecule has 1 saturated carbocycles. The van der Waals surface area contributed by atoms with E-state index < -0.39 is 5.54 Å². The Kier molecular flexibility index (Phi) is 7.33. The summed E-state index contributed by atoms with van der Waals surface area (Å²) in [5.74, 6) is 0.418. The van der Waals surface area contributed by atoms with E-state index in [0.29, 0.717) is 42.4 Å². The van der Waals surface area contributed by atoms with Gasteiger partial charge in [-0.15, -0.1) is 0 Å². The summed E-state index contributed by atoms with van der Waals surface area (Å²) >= 11 is 1.45. The number of nitrogens with one attached hydrogen (secondary N) is 1. The average molecular weight is 467 g/mol. The van der Waals surface area contributed by atoms with Crippen molar-refractivity contribution < 1.29 is 14.0 Å². The fourth-order valence-electron chi connectivity index (χ4n) is 4.56. The van der Waals surface area contributed by atoms with Crippen molar-refractivity contribution in [3.8, 4) is 0 Å². The fourth-order valence-corrected chi connectivity index (χ4v) is 5.39. The summed E-state index contributed by atoms with van der Waals surface area (Å²) in [6.45, 7) is 5.19. The first-order valence-electron chi connectivity index (χ1n) is 11.6. The Labute approximate surface area is 198 Å². The number of hydrogen-bond acceptors (Lipinski definition) is 6. The van der Waals surface area contributed by atoms with Gasteiger partial charge in [-0.2, -0.15) is 0 Å². The number of hydrogen-bond donors (Lipinski definition) is 1. The number of rotatable bonds is 8. The van der Waals surface area contributed by atoms with E-state index in [-0.39, 0.29) is 17.6 Å². The van der Waals surface area contributed by atoms with Crippen molar-refractivity contribution >= 4 is 34.5 Å². The average Bonchev–Trinajstić information content (AvgIpc) is 3.23. The molecule has 33 heavy (non-hydrogen) atoms. The monoisotopic (exact) mass is 466 g/mol. The number of para-hydroxylation sites is 1. The number of aromatic nitrogens is 2. The van der Waals surface area contributed by atoms with E-state index in [0.717, 1.165) is 30.2 Å². The first kappa shape index (κ1) is 23.3. The molecule has 1 aliphatic carbocycles. The Morgan fingerprint density at radius 1 is 1.06 bits per heavy atom. The molecule has 3 aromatic rings. The van der Waals surface area contributed by atoms with Crippen LogP contribution < -0.4 is 5.32 Å². The quantitative estimate of drug-likeness (QED) is 0.378. The molecule has 1 fully saturated rings. The molecule has 4 rings (SSSR count). The zero-order valence-corrected chi connectivity index (χ0v) is 20.0. The number of fused-ring (bicyclic) bond motifs is 1. The third-order valence-corrected chi connectivity index (χ3v) is 7.21. The molecule has 0 radical (unpaired) electrons. The molecule has 0 spiro atoms. The molecular weight excluding hydrogens is 436 g/mol. The lowest BCUT2D eigenvalue weighted by Crippen LogP contribution is -2.60. The molecule has 7 nitrogen and oxygen atoms in total. The van der Waals surface area contributed by atoms with Crippen LogP contribution in [0.25, 0.3) is 11.0 Å². The van der Waals surface area contributed by atoms with Crippen LogP contribution in [0.1, 0.15) is 62.1 Å². The van der Waals surface area contributed by atoms with Crippen molar-refractivity contribution in [2.24, 2.45) is 0 Å². The van der Waals surface area contributed by atoms with Crippen LogP contribution in [-0.4, -0.2) is 45.3 Å². The third kappa shape index (κ3) is 4.90. The predicted molar refractivity (Wildman–Crippen MR) is 129 cm³/mol. The lowest BCUT2D eigenvalue weighted by atomic mass is 9.80. The standard InChI is InChI=1S/C25H30N4O3S/c1-3-29(4-2)23(31)25(13-8-5-9-14-25)28-22(30)21-19(17-33-24-26-15-10-16-27-24)18-11-6-7-12-20(18)32-21/h6-7,10-12,15-16H,3-5,8-9,13-14,17H2,1-2H3,(H,28,30). The lowest BCUT2D eigenvalue weighted by molar-refractivity contribution is -0.139. The van der Waals surface area contributed by atoms with Crippen LogP contribution in [0.15, 0.2) is 52.3 Å². The number of thioether (sulfide) groups is 1. The van der Waals surface area contributed by atoms with Gasteiger partial charge < -0.3 is 14.6 Å². The maximum Gasteiger partial charge on any atom is 0.288 e. The lowest BCUT2D eigenvalue weighted by Gasteiger charge is -2.39. The van der Waals surface area contributed by atoms with E-state index in [1.54, 1.807) is 18.5 Å². The number of benzene rings is 1. The Bertz CT molecular complexity index is 1110. The second-order valence-electron chi connectivity index (χ2n) is 8.30. The van der Waals surface area contributed by atoms with Gasteiger partial charge in [0.15, 0.2) is 10.9 Å². The van der Waals surface area contributed by atoms with Gasteiger partial charge in [0, 0.05) is 42.2 Å². The third-order valence-electron chi connectivity index (χ3n) is 6.31. The first-order valence-corrected chi connectivity index (χ1v) is 12.6. The van der Waals surface area contributed by atoms with Crippen LogP contribution in [0, 0.1) is 0 Å². The number of nitrogens with zero attached hydrogens (tertiary/aromatic N) is 3. The molecule has 2 heterocycles. The number of likely N-dealkylation sites (N-methyl/N-ethyl adjacent to an activating group) is 1. The molecule has 0 atom stereocenters. The largest absolute Gasteiger partial charge is 0.451 e. The molecule has 174 valence electrons. The summed E-state index contributed by atoms with van der Waals surface area (Å²) in [5, 5.41) is 4.65. The topological polar surface area (TPSA) is 88.3 Å². The predicted octanol–water partition coefficient (Wildman–Crippen LogP) is 4.82. The molecule has 0 bridgehead atoms. The van der Waals surface area contributed by atoms with Gasteiger partial charge in [0.05, 0.1) is 0 Å². The second kappa shape index (κ2) is 10.4. The van der Waals surface area contributed by atoms with Crippen molar-refractivity contribution in [1.82, 2.24) is 20.2 Å². The van der Waals surface area contributed by atoms with Crippen LogP contribution in [0.3, 0.4) is 0 Å². The van der Waals surface area contributed by atoms with Gasteiger partial charge in [-0.1, -0.05) is 49.2 Å². The minimum absolute atomic E-state index is 0.00488. The van der Waals surface area contributed by atoms with Gasteiger partial charge in [0.1, 0.15) is 11.1 Å². The zero-order chi connectivity index (χ0) is 23.3. The van der Waals surface area contributed by atoms with Crippen LogP contribution >= 0.6 is 11.8 Å². The molecule has 1 N–H and O–H groups in total. The van der Waals surface area contributed by atoms with Gasteiger partial charge in [-0.25, -0.2) is 9.97 Å². The molecule has 0 aliphatic heterocycles. The number of furan rings is 1. The highest BCUT2D eigenvalue weighted by Crippen LogP contribution is 2.34. The summed E-state index contributed by atoms with van der Waals surface area (Å²) in [7, 11) is 0. The van der Waals surface area contributed by atoms with E-state index in [1.807, 2.05) is 43.0 Å². The van der Waals surface area contributed by atoms with E-state index in [4.69, 9.17) is 4.42 Å². The molecule has 8 heteroatoms. The van der Waals surface area contributed by atoms with E-state index >= 15 is 0 Å². The van der Waals surface area contributed by atoms with Crippen molar-refractivity contribution in [1.29, 1.82) is 0 Å². The van der Waals surface area contributed by atoms with Gasteiger partial charge in [-0.05, 0) is 38.8 Å². The van der Waals surface area contributed by atoms with Gasteiger partial charge >= 0.3 is 0 Å². The van der Waals surface area contributed by atoms with Gasteiger partial charge in [0.2, 0.25) is 5.91 Å². The smallest absolute Gasteiger partial charge is 0.288 e. The Morgan fingerprint density at radius 2 is 1.76 bits per heavy atom. The molecule has 0 saturated heterocycles. The Hall–Kier alpha value is -2.87. The fraction of sp³-hybridized carbons (Fsp3) is 0.440. The molecule has 2 aromatic heterocycles. The molecule has 2 amide bonds. The van der Waals surface area contributed by atoms with Crippen LogP contribution in [0.5, 0.6) is 0 Å². The van der Waals surface area contributed by atoms with Crippen LogP contribution in [-0.2, 0) is 10.5 Å². The van der Waals surface area contributed by atoms with Crippen molar-refractivity contribution in [3.63, 3.8) is 0 Å². The van der Waals surface area contributed by atoms with Crippen LogP contribution in [0.2, 0.25) is 0 Å². The minimum Gasteiger partial charge on any atom is -0.451 e. The summed E-state index contributed by atoms with van der Waals surface area (Å²) in [5.41, 5.74) is 0.564. The molecule has 0 unspecified atom stereocenters. The summed E-state index contributed by atoms with van der Waals surface area (Å²) in [6.07, 6.45) is 7.60. The van der Waals surface area contributed by atoms with Crippen molar-refractivity contribution in [2.45, 2.75) is 62.4 Å². The highest BCUT2D eigenvalue weighted by Gasteiger charge is 2.43. The number of amides is 2. The van der Waals surface area contributed by atoms with E-state index in [2.05, 4.69) is 15.3 Å². The summed E-state index contributed by atoms with van der Waals surface area (Å²) in [6, 6.07) is 9.40.